The molecule has 0 unspecified atom stereocenters. The SMILES string of the molecule is COC(=O)c1ccc([C@@H]2C3=C(C[C@H](c4ccc(OC)cc4)CC3=O)Nc3ccccc3N2C(=O)CC(C)C)cc1. The lowest BCUT2D eigenvalue weighted by atomic mass is 9.78. The highest BCUT2D eigenvalue weighted by molar-refractivity contribution is 6.06. The number of ketones is 1. The number of Topliss-reactive ketones (excluding diaryl/α,β-unsaturated/α-hetero) is 1. The summed E-state index contributed by atoms with van der Waals surface area (Å²) in [5.74, 6) is 0.368. The number of carbonyl (C=O) groups excluding carboxylic acids is 3. The number of nitrogens with zero attached hydrogens (tertiary/aromatic N) is 1. The molecule has 1 amide bonds. The molecule has 7 nitrogen and oxygen atoms in total. The predicted molar refractivity (Wildman–Crippen MR) is 155 cm³/mol. The van der Waals surface area contributed by atoms with E-state index in [-0.39, 0.29) is 23.5 Å². The fraction of sp³-hybridized carbons (Fsp3) is 0.303. The first-order valence-electron chi connectivity index (χ1n) is 13.6. The Bertz CT molecular complexity index is 1460. The van der Waals surface area contributed by atoms with Gasteiger partial charge in [0.1, 0.15) is 5.75 Å². The Morgan fingerprint density at radius 3 is 2.25 bits per heavy atom. The maximum atomic E-state index is 14.1. The lowest BCUT2D eigenvalue weighted by Crippen LogP contribution is -2.39. The number of para-hydroxylation sites is 2. The molecule has 0 spiro atoms. The van der Waals surface area contributed by atoms with Crippen molar-refractivity contribution in [2.75, 3.05) is 24.4 Å². The van der Waals surface area contributed by atoms with Gasteiger partial charge in [-0.25, -0.2) is 4.79 Å². The number of benzene rings is 3. The van der Waals surface area contributed by atoms with Crippen LogP contribution in [0.4, 0.5) is 11.4 Å². The highest BCUT2D eigenvalue weighted by Gasteiger charge is 2.41. The van der Waals surface area contributed by atoms with Crippen LogP contribution < -0.4 is 15.0 Å². The zero-order chi connectivity index (χ0) is 28.4. The van der Waals surface area contributed by atoms with Crippen LogP contribution in [0.3, 0.4) is 0 Å². The van der Waals surface area contributed by atoms with Gasteiger partial charge in [-0.15, -0.1) is 0 Å². The van der Waals surface area contributed by atoms with Gasteiger partial charge >= 0.3 is 5.97 Å². The first-order valence-corrected chi connectivity index (χ1v) is 13.6. The van der Waals surface area contributed by atoms with E-state index in [0.29, 0.717) is 30.4 Å². The van der Waals surface area contributed by atoms with Gasteiger partial charge in [0.25, 0.3) is 0 Å². The molecule has 0 fully saturated rings. The lowest BCUT2D eigenvalue weighted by Gasteiger charge is -2.35. The summed E-state index contributed by atoms with van der Waals surface area (Å²) in [6.07, 6.45) is 1.27. The Kier molecular flexibility index (Phi) is 7.74. The molecule has 2 atom stereocenters. The van der Waals surface area contributed by atoms with Gasteiger partial charge in [-0.3, -0.25) is 14.5 Å². The minimum Gasteiger partial charge on any atom is -0.497 e. The van der Waals surface area contributed by atoms with Crippen molar-refractivity contribution < 1.29 is 23.9 Å². The van der Waals surface area contributed by atoms with Gasteiger partial charge in [-0.1, -0.05) is 50.2 Å². The molecular formula is C33H34N2O5. The topological polar surface area (TPSA) is 84.9 Å². The maximum Gasteiger partial charge on any atom is 0.337 e. The van der Waals surface area contributed by atoms with Crippen LogP contribution >= 0.6 is 0 Å². The first kappa shape index (κ1) is 27.2. The third-order valence-electron chi connectivity index (χ3n) is 7.57. The maximum absolute atomic E-state index is 14.1. The van der Waals surface area contributed by atoms with Gasteiger partial charge in [0, 0.05) is 24.1 Å². The smallest absolute Gasteiger partial charge is 0.337 e. The monoisotopic (exact) mass is 538 g/mol. The summed E-state index contributed by atoms with van der Waals surface area (Å²) in [6, 6.07) is 21.9. The average molecular weight is 539 g/mol. The van der Waals surface area contributed by atoms with Gasteiger partial charge in [-0.05, 0) is 65.8 Å². The number of allylic oxidation sites excluding steroid dienone is 1. The molecule has 5 rings (SSSR count). The van der Waals surface area contributed by atoms with Crippen molar-refractivity contribution in [3.63, 3.8) is 0 Å². The van der Waals surface area contributed by atoms with Gasteiger partial charge in [0.05, 0.1) is 37.2 Å². The number of esters is 1. The summed E-state index contributed by atoms with van der Waals surface area (Å²) >= 11 is 0. The Hall–Kier alpha value is -4.39. The van der Waals surface area contributed by atoms with Crippen LogP contribution in [0.25, 0.3) is 0 Å². The minimum atomic E-state index is -0.645. The molecule has 0 bridgehead atoms. The molecule has 0 saturated carbocycles. The van der Waals surface area contributed by atoms with Crippen LogP contribution in [0.15, 0.2) is 84.1 Å². The fourth-order valence-electron chi connectivity index (χ4n) is 5.66. The number of nitrogens with one attached hydrogen (secondary N) is 1. The van der Waals surface area contributed by atoms with Crippen molar-refractivity contribution in [2.24, 2.45) is 5.92 Å². The second-order valence-corrected chi connectivity index (χ2v) is 10.7. The van der Waals surface area contributed by atoms with E-state index >= 15 is 0 Å². The number of amides is 1. The lowest BCUT2D eigenvalue weighted by molar-refractivity contribution is -0.119. The molecule has 40 heavy (non-hydrogen) atoms. The van der Waals surface area contributed by atoms with Crippen LogP contribution in [0.1, 0.15) is 66.6 Å². The van der Waals surface area contributed by atoms with E-state index in [2.05, 4.69) is 5.32 Å². The summed E-state index contributed by atoms with van der Waals surface area (Å²) in [7, 11) is 2.97. The normalized spacial score (nSPS) is 18.4. The first-order chi connectivity index (χ1) is 19.3. The standard InChI is InChI=1S/C33H34N2O5/c1-20(2)17-30(37)35-28-8-6-5-7-26(28)34-27-18-24(21-13-15-25(39-3)16-14-21)19-29(36)31(27)32(35)22-9-11-23(12-10-22)33(38)40-4/h5-16,20,24,32,34H,17-19H2,1-4H3/t24-,32+/m0/s1. The molecule has 1 heterocycles. The van der Waals surface area contributed by atoms with Crippen molar-refractivity contribution in [3.8, 4) is 5.75 Å². The number of methoxy groups -OCH3 is 2. The molecule has 206 valence electrons. The van der Waals surface area contributed by atoms with E-state index in [1.54, 1.807) is 24.1 Å². The van der Waals surface area contributed by atoms with E-state index in [9.17, 15) is 14.4 Å². The third kappa shape index (κ3) is 5.24. The Balaban J connectivity index is 1.66. The second-order valence-electron chi connectivity index (χ2n) is 10.7. The summed E-state index contributed by atoms with van der Waals surface area (Å²) in [6.45, 7) is 4.02. The molecule has 0 aromatic heterocycles. The number of hydrogen-bond acceptors (Lipinski definition) is 6. The largest absolute Gasteiger partial charge is 0.497 e. The molecule has 2 aliphatic rings. The molecule has 3 aromatic rings. The Labute approximate surface area is 234 Å². The molecular weight excluding hydrogens is 504 g/mol. The van der Waals surface area contributed by atoms with E-state index in [0.717, 1.165) is 33.9 Å². The van der Waals surface area contributed by atoms with E-state index in [4.69, 9.17) is 9.47 Å². The Morgan fingerprint density at radius 2 is 1.60 bits per heavy atom. The molecule has 1 aliphatic heterocycles. The van der Waals surface area contributed by atoms with Crippen LogP contribution in [0.5, 0.6) is 5.75 Å². The number of carbonyl (C=O) groups is 3. The third-order valence-corrected chi connectivity index (χ3v) is 7.57. The minimum absolute atomic E-state index is 0.00762. The Morgan fingerprint density at radius 1 is 0.925 bits per heavy atom. The van der Waals surface area contributed by atoms with E-state index in [1.165, 1.54) is 7.11 Å². The molecule has 1 N–H and O–H groups in total. The highest BCUT2D eigenvalue weighted by atomic mass is 16.5. The summed E-state index contributed by atoms with van der Waals surface area (Å²) in [5, 5.41) is 3.56. The van der Waals surface area contributed by atoms with Crippen LogP contribution in [-0.4, -0.2) is 31.9 Å². The summed E-state index contributed by atoms with van der Waals surface area (Å²) in [5.41, 5.74) is 5.12. The highest BCUT2D eigenvalue weighted by Crippen LogP contribution is 2.47. The van der Waals surface area contributed by atoms with Crippen molar-refractivity contribution >= 4 is 29.0 Å². The quantitative estimate of drug-likeness (QED) is 0.364. The number of fused-ring (bicyclic) bond motifs is 1. The van der Waals surface area contributed by atoms with Gasteiger partial charge in [-0.2, -0.15) is 0 Å². The number of ether oxygens (including phenoxy) is 2. The van der Waals surface area contributed by atoms with Gasteiger partial charge < -0.3 is 14.8 Å². The fourth-order valence-corrected chi connectivity index (χ4v) is 5.66. The van der Waals surface area contributed by atoms with E-state index < -0.39 is 12.0 Å². The average Bonchev–Trinajstić information content (AvgIpc) is 3.11. The number of anilines is 2. The van der Waals surface area contributed by atoms with Crippen LogP contribution in [-0.2, 0) is 14.3 Å². The number of rotatable bonds is 6. The molecule has 1 aliphatic carbocycles. The zero-order valence-electron chi connectivity index (χ0n) is 23.3. The second kappa shape index (κ2) is 11.4. The zero-order valence-corrected chi connectivity index (χ0v) is 23.3. The van der Waals surface area contributed by atoms with Gasteiger partial charge in [0.15, 0.2) is 5.78 Å². The number of hydrogen-bond donors (Lipinski definition) is 1. The molecule has 7 heteroatoms. The van der Waals surface area contributed by atoms with Gasteiger partial charge in [0.2, 0.25) is 5.91 Å². The summed E-state index contributed by atoms with van der Waals surface area (Å²) in [4.78, 5) is 41.9. The molecule has 0 radical (unpaired) electrons. The molecule has 3 aromatic carbocycles. The summed E-state index contributed by atoms with van der Waals surface area (Å²) < 4.78 is 10.2. The van der Waals surface area contributed by atoms with Crippen molar-refractivity contribution in [3.05, 3.63) is 101 Å². The van der Waals surface area contributed by atoms with Crippen molar-refractivity contribution in [1.82, 2.24) is 0 Å². The van der Waals surface area contributed by atoms with Crippen LogP contribution in [0.2, 0.25) is 0 Å². The van der Waals surface area contributed by atoms with Crippen LogP contribution in [0, 0.1) is 5.92 Å². The van der Waals surface area contributed by atoms with Crippen molar-refractivity contribution in [2.45, 2.75) is 45.1 Å². The predicted octanol–water partition coefficient (Wildman–Crippen LogP) is 6.43. The molecule has 0 saturated heterocycles. The van der Waals surface area contributed by atoms with E-state index in [1.807, 2.05) is 74.5 Å². The van der Waals surface area contributed by atoms with Crippen molar-refractivity contribution in [1.29, 1.82) is 0 Å².